The van der Waals surface area contributed by atoms with Gasteiger partial charge < -0.3 is 0 Å². The minimum Gasteiger partial charge on any atom is -0.264 e. The zero-order valence-electron chi connectivity index (χ0n) is 12.7. The Bertz CT molecular complexity index is 927. The van der Waals surface area contributed by atoms with Crippen molar-refractivity contribution in [1.82, 2.24) is 9.97 Å². The molecule has 24 heavy (non-hydrogen) atoms. The Hall–Kier alpha value is -3.31. The molecule has 0 fully saturated rings. The maximum Gasteiger partial charge on any atom is 0.140 e. The van der Waals surface area contributed by atoms with E-state index in [0.717, 1.165) is 11.3 Å². The number of fused-ring (bicyclic) bond motifs is 1. The van der Waals surface area contributed by atoms with Crippen molar-refractivity contribution in [2.24, 2.45) is 5.92 Å². The molecule has 0 amide bonds. The van der Waals surface area contributed by atoms with Crippen molar-refractivity contribution in [2.75, 3.05) is 0 Å². The number of rotatable bonds is 4. The molecule has 0 radical (unpaired) electrons. The first-order valence-electron chi connectivity index (χ1n) is 7.45. The van der Waals surface area contributed by atoms with Gasteiger partial charge >= 0.3 is 0 Å². The van der Waals surface area contributed by atoms with E-state index >= 15 is 0 Å². The van der Waals surface area contributed by atoms with Crippen molar-refractivity contribution in [2.45, 2.75) is 12.3 Å². The quantitative estimate of drug-likeness (QED) is 0.734. The molecule has 3 rings (SSSR count). The second kappa shape index (κ2) is 6.85. The molecule has 5 heteroatoms. The minimum atomic E-state index is -0.792. The summed E-state index contributed by atoms with van der Waals surface area (Å²) in [6.45, 7) is 0. The number of hydrogen-bond acceptors (Lipinski definition) is 4. The Balaban J connectivity index is 1.97. The molecular weight excluding hydrogens is 303 g/mol. The molecule has 0 saturated carbocycles. The molecule has 1 atom stereocenters. The molecule has 2 aromatic heterocycles. The van der Waals surface area contributed by atoms with E-state index in [1.54, 1.807) is 36.7 Å². The van der Waals surface area contributed by atoms with Crippen molar-refractivity contribution >= 4 is 10.9 Å². The number of aromatic nitrogens is 2. The highest BCUT2D eigenvalue weighted by Crippen LogP contribution is 2.28. The zero-order valence-corrected chi connectivity index (χ0v) is 12.7. The van der Waals surface area contributed by atoms with Crippen LogP contribution in [0.25, 0.3) is 10.9 Å². The van der Waals surface area contributed by atoms with Crippen LogP contribution in [0.4, 0.5) is 4.39 Å². The van der Waals surface area contributed by atoms with Crippen LogP contribution in [0.5, 0.6) is 0 Å². The number of nitriles is 2. The molecular formula is C19H13FN4. The van der Waals surface area contributed by atoms with E-state index in [1.165, 1.54) is 12.1 Å². The first kappa shape index (κ1) is 15.6. The molecule has 3 aromatic rings. The van der Waals surface area contributed by atoms with E-state index in [1.807, 2.05) is 18.2 Å². The SMILES string of the molecule is N#CC(C#N)C(Cc1ccc2cc(F)ccc2n1)c1cccnc1. The van der Waals surface area contributed by atoms with Gasteiger partial charge in [0.1, 0.15) is 11.7 Å². The summed E-state index contributed by atoms with van der Waals surface area (Å²) in [7, 11) is 0. The summed E-state index contributed by atoms with van der Waals surface area (Å²) < 4.78 is 13.3. The average Bonchev–Trinajstić information content (AvgIpc) is 2.62. The standard InChI is InChI=1S/C19H13FN4/c20-16-4-6-19-13(8-16)3-5-17(24-19)9-18(15(10-21)11-22)14-2-1-7-23-12-14/h1-8,12,15,18H,9H2. The average molecular weight is 316 g/mol. The molecule has 2 heterocycles. The summed E-state index contributed by atoms with van der Waals surface area (Å²) in [5, 5.41) is 19.3. The zero-order chi connectivity index (χ0) is 16.9. The highest BCUT2D eigenvalue weighted by Gasteiger charge is 2.24. The van der Waals surface area contributed by atoms with E-state index in [2.05, 4.69) is 9.97 Å². The molecule has 0 aliphatic heterocycles. The van der Waals surface area contributed by atoms with Crippen LogP contribution in [-0.2, 0) is 6.42 Å². The lowest BCUT2D eigenvalue weighted by molar-refractivity contribution is 0.598. The lowest BCUT2D eigenvalue weighted by atomic mass is 9.85. The lowest BCUT2D eigenvalue weighted by Crippen LogP contribution is -2.14. The fourth-order valence-corrected chi connectivity index (χ4v) is 2.71. The molecule has 0 aliphatic carbocycles. The van der Waals surface area contributed by atoms with Crippen LogP contribution in [0.3, 0.4) is 0 Å². The van der Waals surface area contributed by atoms with Gasteiger partial charge in [-0.3, -0.25) is 9.97 Å². The van der Waals surface area contributed by atoms with Crippen LogP contribution in [-0.4, -0.2) is 9.97 Å². The monoisotopic (exact) mass is 316 g/mol. The molecule has 1 unspecified atom stereocenters. The summed E-state index contributed by atoms with van der Waals surface area (Å²) in [6.07, 6.45) is 3.75. The van der Waals surface area contributed by atoms with Crippen LogP contribution >= 0.6 is 0 Å². The molecule has 0 saturated heterocycles. The van der Waals surface area contributed by atoms with Crippen molar-refractivity contribution in [1.29, 1.82) is 10.5 Å². The Morgan fingerprint density at radius 1 is 1.08 bits per heavy atom. The Labute approximate surface area is 138 Å². The fraction of sp³-hybridized carbons (Fsp3) is 0.158. The fourth-order valence-electron chi connectivity index (χ4n) is 2.71. The summed E-state index contributed by atoms with van der Waals surface area (Å²) >= 11 is 0. The van der Waals surface area contributed by atoms with Gasteiger partial charge in [0, 0.05) is 29.4 Å². The number of halogens is 1. The van der Waals surface area contributed by atoms with Crippen LogP contribution in [0.2, 0.25) is 0 Å². The van der Waals surface area contributed by atoms with Crippen LogP contribution in [0, 0.1) is 34.4 Å². The van der Waals surface area contributed by atoms with Gasteiger partial charge in [0.15, 0.2) is 0 Å². The van der Waals surface area contributed by atoms with Gasteiger partial charge in [-0.05, 0) is 42.3 Å². The Morgan fingerprint density at radius 3 is 2.62 bits per heavy atom. The highest BCUT2D eigenvalue weighted by atomic mass is 19.1. The van der Waals surface area contributed by atoms with Crippen LogP contribution in [0.15, 0.2) is 54.9 Å². The van der Waals surface area contributed by atoms with Crippen LogP contribution < -0.4 is 0 Å². The van der Waals surface area contributed by atoms with Crippen LogP contribution in [0.1, 0.15) is 17.2 Å². The highest BCUT2D eigenvalue weighted by molar-refractivity contribution is 5.78. The van der Waals surface area contributed by atoms with Crippen molar-refractivity contribution in [3.63, 3.8) is 0 Å². The predicted molar refractivity (Wildman–Crippen MR) is 87.1 cm³/mol. The largest absolute Gasteiger partial charge is 0.264 e. The summed E-state index contributed by atoms with van der Waals surface area (Å²) in [6, 6.07) is 15.8. The van der Waals surface area contributed by atoms with E-state index in [4.69, 9.17) is 0 Å². The number of pyridine rings is 2. The predicted octanol–water partition coefficient (Wildman–Crippen LogP) is 3.76. The molecule has 0 bridgehead atoms. The third kappa shape index (κ3) is 3.21. The molecule has 0 spiro atoms. The van der Waals surface area contributed by atoms with Gasteiger partial charge in [-0.1, -0.05) is 12.1 Å². The van der Waals surface area contributed by atoms with Crippen molar-refractivity contribution in [3.8, 4) is 12.1 Å². The van der Waals surface area contributed by atoms with Gasteiger partial charge in [-0.2, -0.15) is 10.5 Å². The lowest BCUT2D eigenvalue weighted by Gasteiger charge is -2.17. The Kier molecular flexibility index (Phi) is 4.45. The van der Waals surface area contributed by atoms with Gasteiger partial charge in [-0.25, -0.2) is 4.39 Å². The maximum atomic E-state index is 13.3. The Morgan fingerprint density at radius 2 is 1.92 bits per heavy atom. The van der Waals surface area contributed by atoms with Crippen molar-refractivity contribution in [3.05, 3.63) is 71.9 Å². The number of nitrogens with zero attached hydrogens (tertiary/aromatic N) is 4. The second-order valence-corrected chi connectivity index (χ2v) is 5.47. The van der Waals surface area contributed by atoms with Gasteiger partial charge in [-0.15, -0.1) is 0 Å². The van der Waals surface area contributed by atoms with Gasteiger partial charge in [0.05, 0.1) is 17.7 Å². The topological polar surface area (TPSA) is 73.4 Å². The van der Waals surface area contributed by atoms with Gasteiger partial charge in [0.2, 0.25) is 0 Å². The summed E-state index contributed by atoms with van der Waals surface area (Å²) in [5.74, 6) is -1.42. The van der Waals surface area contributed by atoms with E-state index in [9.17, 15) is 14.9 Å². The van der Waals surface area contributed by atoms with Gasteiger partial charge in [0.25, 0.3) is 0 Å². The molecule has 0 N–H and O–H groups in total. The van der Waals surface area contributed by atoms with E-state index < -0.39 is 5.92 Å². The first-order chi connectivity index (χ1) is 11.7. The summed E-state index contributed by atoms with van der Waals surface area (Å²) in [5.41, 5.74) is 2.26. The molecule has 1 aromatic carbocycles. The van der Waals surface area contributed by atoms with E-state index in [0.29, 0.717) is 17.3 Å². The molecule has 0 aliphatic rings. The normalized spacial score (nSPS) is 11.8. The molecule has 116 valence electrons. The smallest absolute Gasteiger partial charge is 0.140 e. The first-order valence-corrected chi connectivity index (χ1v) is 7.45. The number of benzene rings is 1. The third-order valence-corrected chi connectivity index (χ3v) is 3.93. The maximum absolute atomic E-state index is 13.3. The van der Waals surface area contributed by atoms with E-state index in [-0.39, 0.29) is 11.7 Å². The second-order valence-electron chi connectivity index (χ2n) is 5.47. The minimum absolute atomic E-state index is 0.306. The summed E-state index contributed by atoms with van der Waals surface area (Å²) in [4.78, 5) is 8.60. The van der Waals surface area contributed by atoms with Crippen molar-refractivity contribution < 1.29 is 4.39 Å². The third-order valence-electron chi connectivity index (χ3n) is 3.93. The number of hydrogen-bond donors (Lipinski definition) is 0. The molecule has 4 nitrogen and oxygen atoms in total.